The number of carbonyl (C=O) groups excluding carboxylic acids is 1. The largest absolute Gasteiger partial charge is 0.461 e. The minimum absolute atomic E-state index is 0.103. The first-order chi connectivity index (χ1) is 7.72. The van der Waals surface area contributed by atoms with Crippen molar-refractivity contribution in [3.8, 4) is 0 Å². The van der Waals surface area contributed by atoms with Gasteiger partial charge in [-0.15, -0.1) is 0 Å². The SMILES string of the molecule is O=C1CC(c2cc3cc(Br)ccc3o2)CN1. The lowest BCUT2D eigenvalue weighted by molar-refractivity contribution is -0.119. The highest BCUT2D eigenvalue weighted by Gasteiger charge is 2.25. The summed E-state index contributed by atoms with van der Waals surface area (Å²) in [6.45, 7) is 0.680. The van der Waals surface area contributed by atoms with E-state index in [0.29, 0.717) is 13.0 Å². The summed E-state index contributed by atoms with van der Waals surface area (Å²) in [7, 11) is 0. The van der Waals surface area contributed by atoms with Crippen molar-refractivity contribution in [2.24, 2.45) is 0 Å². The summed E-state index contributed by atoms with van der Waals surface area (Å²) in [5.74, 6) is 1.18. The van der Waals surface area contributed by atoms with Crippen molar-refractivity contribution in [2.45, 2.75) is 12.3 Å². The van der Waals surface area contributed by atoms with Gasteiger partial charge < -0.3 is 9.73 Å². The molecule has 1 aliphatic rings. The minimum atomic E-state index is 0.103. The molecule has 2 aromatic rings. The first-order valence-electron chi connectivity index (χ1n) is 5.18. The number of hydrogen-bond acceptors (Lipinski definition) is 2. The minimum Gasteiger partial charge on any atom is -0.461 e. The lowest BCUT2D eigenvalue weighted by atomic mass is 10.1. The van der Waals surface area contributed by atoms with Gasteiger partial charge in [0.05, 0.1) is 0 Å². The first kappa shape index (κ1) is 9.90. The third kappa shape index (κ3) is 1.63. The Morgan fingerprint density at radius 3 is 3.00 bits per heavy atom. The van der Waals surface area contributed by atoms with Gasteiger partial charge in [-0.1, -0.05) is 15.9 Å². The fraction of sp³-hybridized carbons (Fsp3) is 0.250. The Hall–Kier alpha value is -1.29. The van der Waals surface area contributed by atoms with Crippen LogP contribution in [0, 0.1) is 0 Å². The normalized spacial score (nSPS) is 20.3. The van der Waals surface area contributed by atoms with E-state index in [4.69, 9.17) is 4.42 Å². The van der Waals surface area contributed by atoms with E-state index in [1.54, 1.807) is 0 Å². The lowest BCUT2D eigenvalue weighted by Crippen LogP contribution is -2.13. The van der Waals surface area contributed by atoms with Crippen molar-refractivity contribution in [1.82, 2.24) is 5.32 Å². The van der Waals surface area contributed by atoms with Gasteiger partial charge in [0.2, 0.25) is 5.91 Å². The molecular weight excluding hydrogens is 270 g/mol. The van der Waals surface area contributed by atoms with Crippen LogP contribution in [0.3, 0.4) is 0 Å². The predicted molar refractivity (Wildman–Crippen MR) is 64.3 cm³/mol. The quantitative estimate of drug-likeness (QED) is 0.872. The van der Waals surface area contributed by atoms with Crippen molar-refractivity contribution >= 4 is 32.8 Å². The number of amides is 1. The zero-order chi connectivity index (χ0) is 11.1. The Bertz CT molecular complexity index is 561. The highest BCUT2D eigenvalue weighted by molar-refractivity contribution is 9.10. The van der Waals surface area contributed by atoms with Gasteiger partial charge in [0, 0.05) is 28.7 Å². The fourth-order valence-electron chi connectivity index (χ4n) is 2.04. The molecule has 0 saturated carbocycles. The number of fused-ring (bicyclic) bond motifs is 1. The Morgan fingerprint density at radius 1 is 1.38 bits per heavy atom. The van der Waals surface area contributed by atoms with Crippen LogP contribution in [0.4, 0.5) is 0 Å². The van der Waals surface area contributed by atoms with Gasteiger partial charge in [0.1, 0.15) is 11.3 Å². The molecule has 1 N–H and O–H groups in total. The van der Waals surface area contributed by atoms with Gasteiger partial charge in [-0.25, -0.2) is 0 Å². The Labute approximate surface area is 101 Å². The van der Waals surface area contributed by atoms with Crippen LogP contribution in [0.5, 0.6) is 0 Å². The number of hydrogen-bond donors (Lipinski definition) is 1. The van der Waals surface area contributed by atoms with Crippen LogP contribution in [-0.4, -0.2) is 12.5 Å². The zero-order valence-corrected chi connectivity index (χ0v) is 10.1. The van der Waals surface area contributed by atoms with Gasteiger partial charge in [-0.05, 0) is 24.3 Å². The maximum atomic E-state index is 11.1. The topological polar surface area (TPSA) is 42.2 Å². The highest BCUT2D eigenvalue weighted by atomic mass is 79.9. The Morgan fingerprint density at radius 2 is 2.25 bits per heavy atom. The molecule has 1 fully saturated rings. The number of nitrogens with one attached hydrogen (secondary N) is 1. The molecule has 1 aliphatic heterocycles. The van der Waals surface area contributed by atoms with Crippen LogP contribution in [-0.2, 0) is 4.79 Å². The number of halogens is 1. The second-order valence-corrected chi connectivity index (χ2v) is 4.95. The first-order valence-corrected chi connectivity index (χ1v) is 5.97. The van der Waals surface area contributed by atoms with E-state index in [1.165, 1.54) is 0 Å². The molecule has 1 amide bonds. The van der Waals surface area contributed by atoms with Gasteiger partial charge in [0.15, 0.2) is 0 Å². The summed E-state index contributed by atoms with van der Waals surface area (Å²) in [4.78, 5) is 11.1. The molecule has 1 saturated heterocycles. The van der Waals surface area contributed by atoms with Crippen molar-refractivity contribution in [3.63, 3.8) is 0 Å². The molecule has 1 aromatic carbocycles. The molecule has 3 rings (SSSR count). The van der Waals surface area contributed by atoms with Crippen LogP contribution in [0.2, 0.25) is 0 Å². The Kier molecular flexibility index (Phi) is 2.24. The summed E-state index contributed by atoms with van der Waals surface area (Å²) in [5.41, 5.74) is 0.873. The molecule has 0 spiro atoms. The number of benzene rings is 1. The van der Waals surface area contributed by atoms with E-state index in [-0.39, 0.29) is 11.8 Å². The summed E-state index contributed by atoms with van der Waals surface area (Å²) >= 11 is 3.43. The third-order valence-electron chi connectivity index (χ3n) is 2.88. The van der Waals surface area contributed by atoms with E-state index in [0.717, 1.165) is 21.2 Å². The van der Waals surface area contributed by atoms with E-state index in [9.17, 15) is 4.79 Å². The van der Waals surface area contributed by atoms with Crippen LogP contribution in [0.15, 0.2) is 33.2 Å². The van der Waals surface area contributed by atoms with Gasteiger partial charge in [-0.3, -0.25) is 4.79 Å². The Balaban J connectivity index is 2.02. The molecule has 3 nitrogen and oxygen atoms in total. The summed E-state index contributed by atoms with van der Waals surface area (Å²) in [5, 5.41) is 3.89. The van der Waals surface area contributed by atoms with Gasteiger partial charge in [-0.2, -0.15) is 0 Å². The molecule has 1 aromatic heterocycles. The molecule has 16 heavy (non-hydrogen) atoms. The monoisotopic (exact) mass is 279 g/mol. The number of rotatable bonds is 1. The molecular formula is C12H10BrNO2. The average Bonchev–Trinajstić information content (AvgIpc) is 2.83. The van der Waals surface area contributed by atoms with Gasteiger partial charge >= 0.3 is 0 Å². The molecule has 1 unspecified atom stereocenters. The van der Waals surface area contributed by atoms with Crippen LogP contribution in [0.25, 0.3) is 11.0 Å². The maximum Gasteiger partial charge on any atom is 0.220 e. The molecule has 82 valence electrons. The molecule has 0 aliphatic carbocycles. The smallest absolute Gasteiger partial charge is 0.220 e. The summed E-state index contributed by atoms with van der Waals surface area (Å²) < 4.78 is 6.78. The van der Waals surface area contributed by atoms with Crippen LogP contribution < -0.4 is 5.32 Å². The van der Waals surface area contributed by atoms with Crippen molar-refractivity contribution in [1.29, 1.82) is 0 Å². The fourth-order valence-corrected chi connectivity index (χ4v) is 2.42. The van der Waals surface area contributed by atoms with Crippen LogP contribution in [0.1, 0.15) is 18.1 Å². The number of carbonyl (C=O) groups is 1. The number of furan rings is 1. The summed E-state index contributed by atoms with van der Waals surface area (Å²) in [6.07, 6.45) is 0.529. The molecule has 4 heteroatoms. The molecule has 2 heterocycles. The average molecular weight is 280 g/mol. The second-order valence-electron chi connectivity index (χ2n) is 4.04. The molecule has 0 bridgehead atoms. The van der Waals surface area contributed by atoms with Crippen LogP contribution >= 0.6 is 15.9 Å². The standard InChI is InChI=1S/C12H10BrNO2/c13-9-1-2-10-7(3-9)4-11(16-10)8-5-12(15)14-6-8/h1-4,8H,5-6H2,(H,14,15). The van der Waals surface area contributed by atoms with E-state index in [1.807, 2.05) is 24.3 Å². The predicted octanol–water partition coefficient (Wildman–Crippen LogP) is 2.80. The lowest BCUT2D eigenvalue weighted by Gasteiger charge is -2.00. The van der Waals surface area contributed by atoms with Crippen molar-refractivity contribution in [3.05, 3.63) is 34.5 Å². The van der Waals surface area contributed by atoms with Crippen molar-refractivity contribution in [2.75, 3.05) is 6.54 Å². The maximum absolute atomic E-state index is 11.1. The zero-order valence-electron chi connectivity index (χ0n) is 8.50. The van der Waals surface area contributed by atoms with E-state index < -0.39 is 0 Å². The third-order valence-corrected chi connectivity index (χ3v) is 3.37. The second kappa shape index (κ2) is 3.63. The molecule has 1 atom stereocenters. The van der Waals surface area contributed by atoms with Crippen molar-refractivity contribution < 1.29 is 9.21 Å². The highest BCUT2D eigenvalue weighted by Crippen LogP contribution is 2.30. The van der Waals surface area contributed by atoms with Gasteiger partial charge in [0.25, 0.3) is 0 Å². The van der Waals surface area contributed by atoms with E-state index in [2.05, 4.69) is 21.2 Å². The van der Waals surface area contributed by atoms with E-state index >= 15 is 0 Å². The summed E-state index contributed by atoms with van der Waals surface area (Å²) in [6, 6.07) is 7.93. The molecule has 0 radical (unpaired) electrons.